The van der Waals surface area contributed by atoms with Crippen molar-refractivity contribution in [1.82, 2.24) is 15.1 Å². The Bertz CT molecular complexity index is 465. The van der Waals surface area contributed by atoms with Crippen LogP contribution in [0.2, 0.25) is 0 Å². The van der Waals surface area contributed by atoms with Crippen LogP contribution in [0.15, 0.2) is 0 Å². The molecule has 0 saturated heterocycles. The van der Waals surface area contributed by atoms with Crippen LogP contribution in [-0.4, -0.2) is 32.8 Å². The number of nitrogens with one attached hydrogen (secondary N) is 1. The van der Waals surface area contributed by atoms with E-state index in [1.807, 2.05) is 13.8 Å². The van der Waals surface area contributed by atoms with Crippen molar-refractivity contribution in [1.29, 1.82) is 0 Å². The molecule has 0 aliphatic carbocycles. The molecule has 6 nitrogen and oxygen atoms in total. The van der Waals surface area contributed by atoms with E-state index in [1.54, 1.807) is 11.6 Å². The minimum absolute atomic E-state index is 0.387. The smallest absolute Gasteiger partial charge is 0.325 e. The van der Waals surface area contributed by atoms with Crippen LogP contribution in [-0.2, 0) is 11.3 Å². The van der Waals surface area contributed by atoms with Gasteiger partial charge in [-0.2, -0.15) is 5.10 Å². The van der Waals surface area contributed by atoms with Gasteiger partial charge in [0.2, 0.25) is 0 Å². The molecule has 0 aliphatic rings. The Morgan fingerprint density at radius 2 is 2.06 bits per heavy atom. The zero-order chi connectivity index (χ0) is 13.9. The van der Waals surface area contributed by atoms with Gasteiger partial charge in [0.1, 0.15) is 6.04 Å². The maximum atomic E-state index is 12.0. The van der Waals surface area contributed by atoms with Crippen molar-refractivity contribution in [2.45, 2.75) is 46.7 Å². The lowest BCUT2D eigenvalue weighted by molar-refractivity contribution is -0.138. The maximum absolute atomic E-state index is 12.0. The van der Waals surface area contributed by atoms with Gasteiger partial charge in [0, 0.05) is 12.2 Å². The number of nitrogens with zero attached hydrogens (tertiary/aromatic N) is 2. The van der Waals surface area contributed by atoms with Crippen LogP contribution < -0.4 is 5.32 Å². The summed E-state index contributed by atoms with van der Waals surface area (Å²) < 4.78 is 1.77. The van der Waals surface area contributed by atoms with Crippen molar-refractivity contribution in [2.24, 2.45) is 0 Å². The van der Waals surface area contributed by atoms with E-state index < -0.39 is 12.0 Å². The number of carboxylic acid groups (broad SMARTS) is 1. The Labute approximate surface area is 106 Å². The van der Waals surface area contributed by atoms with Crippen LogP contribution in [0.5, 0.6) is 0 Å². The first-order valence-electron chi connectivity index (χ1n) is 5.96. The molecular weight excluding hydrogens is 234 g/mol. The number of carbonyl (C=O) groups is 2. The SMILES string of the molecule is CCCn1nc(C)c(C(=O)NC(C)C(=O)O)c1C. The van der Waals surface area contributed by atoms with Gasteiger partial charge in [0.25, 0.3) is 5.91 Å². The fourth-order valence-corrected chi connectivity index (χ4v) is 1.79. The minimum atomic E-state index is -1.06. The third kappa shape index (κ3) is 2.88. The van der Waals surface area contributed by atoms with Gasteiger partial charge in [0.05, 0.1) is 11.3 Å². The summed E-state index contributed by atoms with van der Waals surface area (Å²) in [6.07, 6.45) is 0.925. The first-order valence-corrected chi connectivity index (χ1v) is 5.96. The summed E-state index contributed by atoms with van der Waals surface area (Å²) in [5.41, 5.74) is 1.86. The Morgan fingerprint density at radius 1 is 1.44 bits per heavy atom. The second-order valence-corrected chi connectivity index (χ2v) is 4.30. The number of rotatable bonds is 5. The quantitative estimate of drug-likeness (QED) is 0.823. The highest BCUT2D eigenvalue weighted by molar-refractivity contribution is 5.98. The van der Waals surface area contributed by atoms with E-state index in [0.717, 1.165) is 18.7 Å². The molecule has 18 heavy (non-hydrogen) atoms. The number of carbonyl (C=O) groups excluding carboxylic acids is 1. The molecule has 0 spiro atoms. The molecule has 2 N–H and O–H groups in total. The lowest BCUT2D eigenvalue weighted by atomic mass is 10.1. The average Bonchev–Trinajstić information content (AvgIpc) is 2.54. The summed E-state index contributed by atoms with van der Waals surface area (Å²) >= 11 is 0. The Balaban J connectivity index is 2.95. The number of carboxylic acids is 1. The van der Waals surface area contributed by atoms with E-state index >= 15 is 0 Å². The molecule has 0 aromatic carbocycles. The van der Waals surface area contributed by atoms with E-state index in [-0.39, 0.29) is 5.91 Å². The number of amides is 1. The summed E-state index contributed by atoms with van der Waals surface area (Å²) in [6.45, 7) is 7.77. The second kappa shape index (κ2) is 5.66. The zero-order valence-electron chi connectivity index (χ0n) is 11.1. The van der Waals surface area contributed by atoms with Gasteiger partial charge in [-0.05, 0) is 27.2 Å². The van der Waals surface area contributed by atoms with Gasteiger partial charge >= 0.3 is 5.97 Å². The molecule has 100 valence electrons. The van der Waals surface area contributed by atoms with E-state index in [2.05, 4.69) is 10.4 Å². The van der Waals surface area contributed by atoms with Gasteiger partial charge < -0.3 is 10.4 Å². The first kappa shape index (κ1) is 14.2. The predicted molar refractivity (Wildman–Crippen MR) is 66.6 cm³/mol. The fourth-order valence-electron chi connectivity index (χ4n) is 1.79. The van der Waals surface area contributed by atoms with Crippen LogP contribution in [0.4, 0.5) is 0 Å². The molecule has 6 heteroatoms. The molecule has 1 aromatic rings. The van der Waals surface area contributed by atoms with Crippen molar-refractivity contribution in [3.05, 3.63) is 17.0 Å². The normalized spacial score (nSPS) is 12.2. The summed E-state index contributed by atoms with van der Waals surface area (Å²) in [4.78, 5) is 22.7. The van der Waals surface area contributed by atoms with E-state index in [1.165, 1.54) is 6.92 Å². The molecule has 1 rings (SSSR count). The van der Waals surface area contributed by atoms with Crippen molar-refractivity contribution in [2.75, 3.05) is 0 Å². The Morgan fingerprint density at radius 3 is 2.56 bits per heavy atom. The predicted octanol–water partition coefficient (Wildman–Crippen LogP) is 1.11. The lowest BCUT2D eigenvalue weighted by Crippen LogP contribution is -2.38. The Hall–Kier alpha value is -1.85. The van der Waals surface area contributed by atoms with Gasteiger partial charge in [-0.15, -0.1) is 0 Å². The van der Waals surface area contributed by atoms with Gasteiger partial charge in [-0.25, -0.2) is 0 Å². The fraction of sp³-hybridized carbons (Fsp3) is 0.583. The molecular formula is C12H19N3O3. The largest absolute Gasteiger partial charge is 0.480 e. The maximum Gasteiger partial charge on any atom is 0.325 e. The lowest BCUT2D eigenvalue weighted by Gasteiger charge is -2.09. The number of aryl methyl sites for hydroxylation is 2. The summed E-state index contributed by atoms with van der Waals surface area (Å²) in [5.74, 6) is -1.44. The van der Waals surface area contributed by atoms with Crippen LogP contribution in [0.3, 0.4) is 0 Å². The van der Waals surface area contributed by atoms with Crippen molar-refractivity contribution in [3.63, 3.8) is 0 Å². The highest BCUT2D eigenvalue weighted by atomic mass is 16.4. The average molecular weight is 253 g/mol. The van der Waals surface area contributed by atoms with E-state index in [0.29, 0.717) is 11.3 Å². The van der Waals surface area contributed by atoms with Crippen LogP contribution >= 0.6 is 0 Å². The first-order chi connectivity index (χ1) is 8.38. The number of aromatic nitrogens is 2. The molecule has 1 atom stereocenters. The zero-order valence-corrected chi connectivity index (χ0v) is 11.1. The van der Waals surface area contributed by atoms with Crippen molar-refractivity contribution < 1.29 is 14.7 Å². The summed E-state index contributed by atoms with van der Waals surface area (Å²) in [6, 6.07) is -0.911. The second-order valence-electron chi connectivity index (χ2n) is 4.30. The number of hydrogen-bond acceptors (Lipinski definition) is 3. The molecule has 0 radical (unpaired) electrons. The monoisotopic (exact) mass is 253 g/mol. The standard InChI is InChI=1S/C12H19N3O3/c1-5-6-15-9(4)10(7(2)14-15)11(16)13-8(3)12(17)18/h8H,5-6H2,1-4H3,(H,13,16)(H,17,18). The molecule has 0 bridgehead atoms. The highest BCUT2D eigenvalue weighted by Crippen LogP contribution is 2.13. The molecule has 1 amide bonds. The molecule has 0 aliphatic heterocycles. The third-order valence-corrected chi connectivity index (χ3v) is 2.76. The van der Waals surface area contributed by atoms with E-state index in [9.17, 15) is 9.59 Å². The third-order valence-electron chi connectivity index (χ3n) is 2.76. The minimum Gasteiger partial charge on any atom is -0.480 e. The molecule has 1 unspecified atom stereocenters. The van der Waals surface area contributed by atoms with Gasteiger partial charge in [-0.1, -0.05) is 6.92 Å². The van der Waals surface area contributed by atoms with Gasteiger partial charge in [-0.3, -0.25) is 14.3 Å². The summed E-state index contributed by atoms with van der Waals surface area (Å²) in [7, 11) is 0. The van der Waals surface area contributed by atoms with Crippen LogP contribution in [0, 0.1) is 13.8 Å². The molecule has 0 fully saturated rings. The molecule has 1 heterocycles. The van der Waals surface area contributed by atoms with Crippen molar-refractivity contribution >= 4 is 11.9 Å². The molecule has 1 aromatic heterocycles. The highest BCUT2D eigenvalue weighted by Gasteiger charge is 2.21. The number of aliphatic carboxylic acids is 1. The van der Waals surface area contributed by atoms with Crippen molar-refractivity contribution in [3.8, 4) is 0 Å². The topological polar surface area (TPSA) is 84.2 Å². The number of hydrogen-bond donors (Lipinski definition) is 2. The Kier molecular flexibility index (Phi) is 4.47. The van der Waals surface area contributed by atoms with Crippen LogP contribution in [0.1, 0.15) is 42.0 Å². The summed E-state index contributed by atoms with van der Waals surface area (Å²) in [5, 5.41) is 15.5. The van der Waals surface area contributed by atoms with E-state index in [4.69, 9.17) is 5.11 Å². The van der Waals surface area contributed by atoms with Gasteiger partial charge in [0.15, 0.2) is 0 Å². The molecule has 0 saturated carbocycles. The van der Waals surface area contributed by atoms with Crippen LogP contribution in [0.25, 0.3) is 0 Å².